The summed E-state index contributed by atoms with van der Waals surface area (Å²) in [5, 5.41) is 4.31. The zero-order valence-corrected chi connectivity index (χ0v) is 16.1. The first kappa shape index (κ1) is 19.7. The zero-order valence-electron chi connectivity index (χ0n) is 15.3. The Balaban J connectivity index is 2.04. The van der Waals surface area contributed by atoms with Crippen molar-refractivity contribution in [1.29, 1.82) is 0 Å². The Morgan fingerprint density at radius 2 is 1.64 bits per heavy atom. The van der Waals surface area contributed by atoms with Gasteiger partial charge in [-0.05, 0) is 42.6 Å². The van der Waals surface area contributed by atoms with Crippen LogP contribution in [0, 0.1) is 5.92 Å². The van der Waals surface area contributed by atoms with E-state index >= 15 is 0 Å². The Morgan fingerprint density at radius 3 is 2.20 bits per heavy atom. The van der Waals surface area contributed by atoms with E-state index in [1.54, 1.807) is 0 Å². The van der Waals surface area contributed by atoms with Gasteiger partial charge in [-0.15, -0.1) is 0 Å². The first-order valence-corrected chi connectivity index (χ1v) is 9.48. The van der Waals surface area contributed by atoms with E-state index in [0.29, 0.717) is 11.1 Å². The van der Waals surface area contributed by atoms with Crippen LogP contribution in [0.15, 0.2) is 54.6 Å². The quantitative estimate of drug-likeness (QED) is 0.616. The molecule has 2 rings (SSSR count). The number of nitrogens with one attached hydrogen (secondary N) is 1. The van der Waals surface area contributed by atoms with Gasteiger partial charge in [0.15, 0.2) is 0 Å². The molecule has 0 aliphatic carbocycles. The minimum absolute atomic E-state index is 0.0248. The second-order valence-electron chi connectivity index (χ2n) is 6.78. The van der Waals surface area contributed by atoms with Gasteiger partial charge in [0.1, 0.15) is 5.78 Å². The molecule has 0 aromatic heterocycles. The number of hydrogen-bond donors (Lipinski definition) is 1. The highest BCUT2D eigenvalue weighted by Crippen LogP contribution is 2.26. The summed E-state index contributed by atoms with van der Waals surface area (Å²) >= 11 is 5.99. The maximum absolute atomic E-state index is 12.7. The Hall–Kier alpha value is -1.64. The minimum Gasteiger partial charge on any atom is -0.310 e. The highest BCUT2D eigenvalue weighted by molar-refractivity contribution is 6.30. The fourth-order valence-electron chi connectivity index (χ4n) is 3.16. The lowest BCUT2D eigenvalue weighted by Gasteiger charge is -2.22. The standard InChI is InChI=1S/C22H28ClNO/c1-4-21(18-8-6-5-7-9-18)24-15-14-20(22(25)16(2)3)17-10-12-19(23)13-11-17/h5-13,16,20-21,24H,4,14-15H2,1-3H3/t20-,21?/m1/s1. The lowest BCUT2D eigenvalue weighted by Crippen LogP contribution is -2.26. The van der Waals surface area contributed by atoms with Gasteiger partial charge in [-0.2, -0.15) is 0 Å². The van der Waals surface area contributed by atoms with E-state index in [9.17, 15) is 4.79 Å². The summed E-state index contributed by atoms with van der Waals surface area (Å²) in [6, 6.07) is 18.5. The van der Waals surface area contributed by atoms with Gasteiger partial charge in [0, 0.05) is 22.9 Å². The number of rotatable bonds is 9. The number of ketones is 1. The van der Waals surface area contributed by atoms with Gasteiger partial charge in [0.05, 0.1) is 0 Å². The molecule has 1 unspecified atom stereocenters. The van der Waals surface area contributed by atoms with Crippen molar-refractivity contribution in [2.75, 3.05) is 6.54 Å². The van der Waals surface area contributed by atoms with Crippen molar-refractivity contribution in [2.45, 2.75) is 45.6 Å². The molecule has 0 radical (unpaired) electrons. The van der Waals surface area contributed by atoms with Gasteiger partial charge in [0.2, 0.25) is 0 Å². The monoisotopic (exact) mass is 357 g/mol. The summed E-state index contributed by atoms with van der Waals surface area (Å²) in [5.74, 6) is 0.228. The molecule has 2 aromatic carbocycles. The number of carbonyl (C=O) groups is 1. The van der Waals surface area contributed by atoms with Gasteiger partial charge in [-0.3, -0.25) is 4.79 Å². The van der Waals surface area contributed by atoms with Gasteiger partial charge in [0.25, 0.3) is 0 Å². The van der Waals surface area contributed by atoms with E-state index in [1.165, 1.54) is 5.56 Å². The van der Waals surface area contributed by atoms with E-state index in [0.717, 1.165) is 24.9 Å². The van der Waals surface area contributed by atoms with Crippen LogP contribution in [0.4, 0.5) is 0 Å². The molecule has 0 fully saturated rings. The average molecular weight is 358 g/mol. The first-order valence-electron chi connectivity index (χ1n) is 9.10. The molecule has 0 bridgehead atoms. The number of hydrogen-bond acceptors (Lipinski definition) is 2. The topological polar surface area (TPSA) is 29.1 Å². The van der Waals surface area contributed by atoms with Gasteiger partial charge >= 0.3 is 0 Å². The maximum atomic E-state index is 12.7. The van der Waals surface area contributed by atoms with Crippen molar-refractivity contribution in [3.63, 3.8) is 0 Å². The van der Waals surface area contributed by atoms with Crippen molar-refractivity contribution in [3.8, 4) is 0 Å². The van der Waals surface area contributed by atoms with E-state index in [4.69, 9.17) is 11.6 Å². The van der Waals surface area contributed by atoms with Crippen molar-refractivity contribution in [2.24, 2.45) is 5.92 Å². The van der Waals surface area contributed by atoms with Crippen molar-refractivity contribution < 1.29 is 4.79 Å². The molecule has 1 N–H and O–H groups in total. The van der Waals surface area contributed by atoms with Crippen LogP contribution < -0.4 is 5.32 Å². The Labute approximate surface area is 156 Å². The van der Waals surface area contributed by atoms with Crippen molar-refractivity contribution >= 4 is 17.4 Å². The summed E-state index contributed by atoms with van der Waals surface area (Å²) in [6.45, 7) is 6.93. The van der Waals surface area contributed by atoms with Crippen LogP contribution >= 0.6 is 11.6 Å². The summed E-state index contributed by atoms with van der Waals surface area (Å²) in [7, 11) is 0. The maximum Gasteiger partial charge on any atom is 0.142 e. The highest BCUT2D eigenvalue weighted by atomic mass is 35.5. The van der Waals surface area contributed by atoms with Crippen molar-refractivity contribution in [3.05, 3.63) is 70.7 Å². The lowest BCUT2D eigenvalue weighted by molar-refractivity contribution is -0.123. The SMILES string of the molecule is CCC(NCC[C@@H](C(=O)C(C)C)c1ccc(Cl)cc1)c1ccccc1. The van der Waals surface area contributed by atoms with Crippen LogP contribution in [0.2, 0.25) is 5.02 Å². The zero-order chi connectivity index (χ0) is 18.2. The van der Waals surface area contributed by atoms with Gasteiger partial charge in [-0.1, -0.05) is 74.8 Å². The normalized spacial score (nSPS) is 13.6. The third kappa shape index (κ3) is 5.69. The van der Waals surface area contributed by atoms with Crippen LogP contribution in [0.25, 0.3) is 0 Å². The molecule has 0 amide bonds. The molecule has 134 valence electrons. The Bertz CT molecular complexity index is 651. The van der Waals surface area contributed by atoms with Crippen LogP contribution in [-0.2, 0) is 4.79 Å². The molecular formula is C22H28ClNO. The van der Waals surface area contributed by atoms with Crippen LogP contribution in [0.5, 0.6) is 0 Å². The van der Waals surface area contributed by atoms with Crippen molar-refractivity contribution in [1.82, 2.24) is 5.32 Å². The summed E-state index contributed by atoms with van der Waals surface area (Å²) < 4.78 is 0. The molecule has 0 aliphatic heterocycles. The average Bonchev–Trinajstić information content (AvgIpc) is 2.63. The molecule has 25 heavy (non-hydrogen) atoms. The first-order chi connectivity index (χ1) is 12.0. The van der Waals surface area contributed by atoms with Crippen LogP contribution in [0.3, 0.4) is 0 Å². The molecule has 0 aliphatic rings. The molecule has 0 saturated heterocycles. The third-order valence-electron chi connectivity index (χ3n) is 4.62. The molecule has 2 aromatic rings. The molecule has 0 spiro atoms. The Morgan fingerprint density at radius 1 is 1.00 bits per heavy atom. The van der Waals surface area contributed by atoms with Crippen LogP contribution in [0.1, 0.15) is 56.7 Å². The molecule has 0 heterocycles. The second-order valence-corrected chi connectivity index (χ2v) is 7.21. The number of Topliss-reactive ketones (excluding diaryl/α,β-unsaturated/α-hetero) is 1. The predicted octanol–water partition coefficient (Wildman–Crippen LogP) is 5.78. The predicted molar refractivity (Wildman–Crippen MR) is 106 cm³/mol. The molecule has 3 heteroatoms. The fourth-order valence-corrected chi connectivity index (χ4v) is 3.28. The highest BCUT2D eigenvalue weighted by Gasteiger charge is 2.23. The number of benzene rings is 2. The molecule has 2 nitrogen and oxygen atoms in total. The van der Waals surface area contributed by atoms with Gasteiger partial charge in [-0.25, -0.2) is 0 Å². The fraction of sp³-hybridized carbons (Fsp3) is 0.409. The van der Waals surface area contributed by atoms with Gasteiger partial charge < -0.3 is 5.32 Å². The smallest absolute Gasteiger partial charge is 0.142 e. The molecule has 2 atom stereocenters. The lowest BCUT2D eigenvalue weighted by atomic mass is 9.86. The number of halogens is 1. The van der Waals surface area contributed by atoms with E-state index < -0.39 is 0 Å². The number of carbonyl (C=O) groups excluding carboxylic acids is 1. The molecule has 0 saturated carbocycles. The van der Waals surface area contributed by atoms with E-state index in [1.807, 2.05) is 44.2 Å². The van der Waals surface area contributed by atoms with E-state index in [-0.39, 0.29) is 17.6 Å². The molecular weight excluding hydrogens is 330 g/mol. The van der Waals surface area contributed by atoms with Crippen LogP contribution in [-0.4, -0.2) is 12.3 Å². The van der Waals surface area contributed by atoms with E-state index in [2.05, 4.69) is 36.5 Å². The second kappa shape index (κ2) is 9.74. The minimum atomic E-state index is -0.0851. The Kier molecular flexibility index (Phi) is 7.67. The summed E-state index contributed by atoms with van der Waals surface area (Å²) in [5.41, 5.74) is 2.35. The summed E-state index contributed by atoms with van der Waals surface area (Å²) in [4.78, 5) is 12.7. The largest absolute Gasteiger partial charge is 0.310 e. The summed E-state index contributed by atoms with van der Waals surface area (Å²) in [6.07, 6.45) is 1.82. The third-order valence-corrected chi connectivity index (χ3v) is 4.87.